The summed E-state index contributed by atoms with van der Waals surface area (Å²) in [5, 5.41) is 8.02. The number of aromatic nitrogens is 3. The predicted molar refractivity (Wildman–Crippen MR) is 142 cm³/mol. The lowest BCUT2D eigenvalue weighted by Crippen LogP contribution is -2.30. The molecule has 0 radical (unpaired) electrons. The van der Waals surface area contributed by atoms with E-state index in [0.29, 0.717) is 22.8 Å². The van der Waals surface area contributed by atoms with Gasteiger partial charge in [-0.05, 0) is 101 Å². The van der Waals surface area contributed by atoms with Crippen molar-refractivity contribution in [3.05, 3.63) is 53.3 Å². The lowest BCUT2D eigenvalue weighted by atomic mass is 10.0. The van der Waals surface area contributed by atoms with Crippen LogP contribution in [-0.2, 0) is 0 Å². The number of carbonyl (C=O) groups excluding carboxylic acids is 1. The fourth-order valence-electron chi connectivity index (χ4n) is 5.52. The highest BCUT2D eigenvalue weighted by Gasteiger charge is 2.20. The molecule has 4 aromatic rings. The molecule has 0 unspecified atom stereocenters. The zero-order chi connectivity index (χ0) is 24.5. The van der Waals surface area contributed by atoms with Crippen LogP contribution >= 0.6 is 11.3 Å². The Kier molecular flexibility index (Phi) is 6.82. The highest BCUT2D eigenvalue weighted by Crippen LogP contribution is 2.31. The normalized spacial score (nSPS) is 19.0. The van der Waals surface area contributed by atoms with Crippen LogP contribution < -0.4 is 5.32 Å². The third-order valence-corrected chi connectivity index (χ3v) is 8.56. The molecule has 0 amide bonds. The number of rotatable bonds is 8. The summed E-state index contributed by atoms with van der Waals surface area (Å²) < 4.78 is 17.7. The SMILES string of the molecule is O=C(CCCCN1CCCCC1)c1ccc2c(c1)sc1nc(-c3ccc([C@@H]4CCCN4)cc3F)nn12. The Hall–Kier alpha value is -2.68. The molecule has 188 valence electrons. The Balaban J connectivity index is 1.14. The first-order valence-electron chi connectivity index (χ1n) is 13.2. The number of nitrogens with zero attached hydrogens (tertiary/aromatic N) is 4. The maximum atomic E-state index is 15.0. The van der Waals surface area contributed by atoms with Crippen LogP contribution in [0.3, 0.4) is 0 Å². The van der Waals surface area contributed by atoms with Crippen molar-refractivity contribution in [2.45, 2.75) is 57.4 Å². The van der Waals surface area contributed by atoms with Gasteiger partial charge < -0.3 is 10.2 Å². The molecule has 1 N–H and O–H groups in total. The number of likely N-dealkylation sites (tertiary alicyclic amines) is 1. The molecule has 2 fully saturated rings. The van der Waals surface area contributed by atoms with Gasteiger partial charge in [-0.2, -0.15) is 4.98 Å². The van der Waals surface area contributed by atoms with Gasteiger partial charge in [-0.15, -0.1) is 5.10 Å². The van der Waals surface area contributed by atoms with E-state index in [4.69, 9.17) is 0 Å². The first kappa shape index (κ1) is 23.7. The van der Waals surface area contributed by atoms with Crippen LogP contribution in [0.1, 0.15) is 73.3 Å². The summed E-state index contributed by atoms with van der Waals surface area (Å²) in [6.07, 6.45) is 8.69. The second-order valence-corrected chi connectivity index (χ2v) is 11.1. The zero-order valence-corrected chi connectivity index (χ0v) is 21.3. The van der Waals surface area contributed by atoms with Crippen molar-refractivity contribution in [2.75, 3.05) is 26.2 Å². The largest absolute Gasteiger partial charge is 0.310 e. The number of hydrogen-bond acceptors (Lipinski definition) is 6. The molecule has 8 heteroatoms. The van der Waals surface area contributed by atoms with Crippen molar-refractivity contribution < 1.29 is 9.18 Å². The Morgan fingerprint density at radius 2 is 1.97 bits per heavy atom. The number of fused-ring (bicyclic) bond motifs is 3. The lowest BCUT2D eigenvalue weighted by Gasteiger charge is -2.26. The highest BCUT2D eigenvalue weighted by atomic mass is 32.1. The minimum absolute atomic E-state index is 0.189. The summed E-state index contributed by atoms with van der Waals surface area (Å²) in [4.78, 5) is 20.6. The molecule has 2 aliphatic heterocycles. The third kappa shape index (κ3) is 4.82. The molecule has 36 heavy (non-hydrogen) atoms. The molecular formula is C28H32FN5OS. The van der Waals surface area contributed by atoms with Gasteiger partial charge in [0.25, 0.3) is 0 Å². The average molecular weight is 506 g/mol. The zero-order valence-electron chi connectivity index (χ0n) is 20.5. The summed E-state index contributed by atoms with van der Waals surface area (Å²) in [5.41, 5.74) is 3.02. The minimum Gasteiger partial charge on any atom is -0.310 e. The number of Topliss-reactive ketones (excluding diaryl/α,β-unsaturated/α-hetero) is 1. The van der Waals surface area contributed by atoms with Crippen molar-refractivity contribution in [2.24, 2.45) is 0 Å². The number of thiazole rings is 1. The molecule has 6 nitrogen and oxygen atoms in total. The monoisotopic (exact) mass is 505 g/mol. The number of halogens is 1. The summed E-state index contributed by atoms with van der Waals surface area (Å²) in [6, 6.07) is 11.4. The molecule has 0 saturated carbocycles. The molecule has 6 rings (SSSR count). The Morgan fingerprint density at radius 1 is 1.08 bits per heavy atom. The highest BCUT2D eigenvalue weighted by molar-refractivity contribution is 7.23. The van der Waals surface area contributed by atoms with E-state index in [1.807, 2.05) is 24.3 Å². The number of nitrogens with one attached hydrogen (secondary N) is 1. The number of hydrogen-bond donors (Lipinski definition) is 1. The molecule has 4 heterocycles. The molecule has 0 aliphatic carbocycles. The van der Waals surface area contributed by atoms with Crippen molar-refractivity contribution >= 4 is 32.3 Å². The molecular weight excluding hydrogens is 473 g/mol. The summed E-state index contributed by atoms with van der Waals surface area (Å²) in [6.45, 7) is 4.49. The van der Waals surface area contributed by atoms with Gasteiger partial charge in [0, 0.05) is 18.0 Å². The van der Waals surface area contributed by atoms with Gasteiger partial charge in [-0.3, -0.25) is 4.79 Å². The smallest absolute Gasteiger partial charge is 0.213 e. The maximum absolute atomic E-state index is 15.0. The number of benzene rings is 2. The predicted octanol–water partition coefficient (Wildman–Crippen LogP) is 6.01. The van der Waals surface area contributed by atoms with Gasteiger partial charge in [-0.1, -0.05) is 23.8 Å². The van der Waals surface area contributed by atoms with Crippen LogP contribution in [0.5, 0.6) is 0 Å². The minimum atomic E-state index is -0.295. The maximum Gasteiger partial charge on any atom is 0.213 e. The summed E-state index contributed by atoms with van der Waals surface area (Å²) in [7, 11) is 0. The van der Waals surface area contributed by atoms with E-state index in [1.165, 1.54) is 43.7 Å². The average Bonchev–Trinajstić information content (AvgIpc) is 3.63. The van der Waals surface area contributed by atoms with Crippen molar-refractivity contribution in [1.29, 1.82) is 0 Å². The number of carbonyl (C=O) groups is 1. The molecule has 0 bridgehead atoms. The van der Waals surface area contributed by atoms with Crippen LogP contribution in [0.15, 0.2) is 36.4 Å². The van der Waals surface area contributed by atoms with E-state index in [2.05, 4.69) is 20.3 Å². The topological polar surface area (TPSA) is 62.5 Å². The first-order chi connectivity index (χ1) is 17.7. The number of piperidine rings is 1. The van der Waals surface area contributed by atoms with Crippen LogP contribution in [0, 0.1) is 5.82 Å². The van der Waals surface area contributed by atoms with E-state index < -0.39 is 0 Å². The van der Waals surface area contributed by atoms with E-state index in [9.17, 15) is 9.18 Å². The van der Waals surface area contributed by atoms with Gasteiger partial charge in [0.1, 0.15) is 5.82 Å². The fourth-order valence-corrected chi connectivity index (χ4v) is 6.52. The van der Waals surface area contributed by atoms with Crippen LogP contribution in [0.4, 0.5) is 4.39 Å². The molecule has 1 atom stereocenters. The molecule has 2 aliphatic rings. The lowest BCUT2D eigenvalue weighted by molar-refractivity contribution is 0.0977. The first-order valence-corrected chi connectivity index (χ1v) is 14.1. The quantitative estimate of drug-likeness (QED) is 0.235. The standard InChI is InChI=1S/C28H32FN5OS/c29-22-17-19(23-7-6-13-30-23)9-11-21(22)27-31-28-34(32-27)24-12-10-20(18-26(24)36-28)25(35)8-2-5-16-33-14-3-1-4-15-33/h9-12,17-18,23,30H,1-8,13-16H2/t23-/m0/s1. The number of ketones is 1. The molecule has 2 aromatic carbocycles. The van der Waals surface area contributed by atoms with Gasteiger partial charge >= 0.3 is 0 Å². The second kappa shape index (κ2) is 10.4. The van der Waals surface area contributed by atoms with E-state index in [-0.39, 0.29) is 17.6 Å². The van der Waals surface area contributed by atoms with E-state index in [1.54, 1.807) is 16.6 Å². The van der Waals surface area contributed by atoms with Gasteiger partial charge in [0.05, 0.1) is 15.8 Å². The van der Waals surface area contributed by atoms with Crippen molar-refractivity contribution in [3.8, 4) is 11.4 Å². The van der Waals surface area contributed by atoms with Gasteiger partial charge in [0.2, 0.25) is 4.96 Å². The van der Waals surface area contributed by atoms with Crippen LogP contribution in [0.2, 0.25) is 0 Å². The van der Waals surface area contributed by atoms with Crippen LogP contribution in [0.25, 0.3) is 26.6 Å². The Morgan fingerprint density at radius 3 is 2.78 bits per heavy atom. The Labute approximate surface area is 214 Å². The molecule has 0 spiro atoms. The van der Waals surface area contributed by atoms with Gasteiger partial charge in [-0.25, -0.2) is 8.91 Å². The van der Waals surface area contributed by atoms with E-state index >= 15 is 0 Å². The third-order valence-electron chi connectivity index (χ3n) is 7.56. The summed E-state index contributed by atoms with van der Waals surface area (Å²) >= 11 is 1.48. The molecule has 2 aromatic heterocycles. The second-order valence-electron chi connectivity index (χ2n) is 10.1. The van der Waals surface area contributed by atoms with Crippen molar-refractivity contribution in [1.82, 2.24) is 24.8 Å². The molecule has 2 saturated heterocycles. The number of unbranched alkanes of at least 4 members (excludes halogenated alkanes) is 1. The fraction of sp³-hybridized carbons (Fsp3) is 0.464. The van der Waals surface area contributed by atoms with Crippen LogP contribution in [-0.4, -0.2) is 51.5 Å². The Bertz CT molecular complexity index is 1380. The summed E-state index contributed by atoms with van der Waals surface area (Å²) in [5.74, 6) is 0.284. The van der Waals surface area contributed by atoms with Crippen molar-refractivity contribution in [3.63, 3.8) is 0 Å². The van der Waals surface area contributed by atoms with Gasteiger partial charge in [0.15, 0.2) is 11.6 Å². The van der Waals surface area contributed by atoms with E-state index in [0.717, 1.165) is 60.1 Å².